The van der Waals surface area contributed by atoms with Crippen LogP contribution in [0.15, 0.2) is 35.3 Å². The Morgan fingerprint density at radius 2 is 1.90 bits per heavy atom. The van der Waals surface area contributed by atoms with Crippen LogP contribution in [0.2, 0.25) is 0 Å². The van der Waals surface area contributed by atoms with E-state index in [1.807, 2.05) is 0 Å². The van der Waals surface area contributed by atoms with E-state index in [0.717, 1.165) is 25.5 Å². The average molecular weight is 273 g/mol. The summed E-state index contributed by atoms with van der Waals surface area (Å²) in [5, 5.41) is 6.94. The largest absolute Gasteiger partial charge is 0.357 e. The highest BCUT2D eigenvalue weighted by molar-refractivity contribution is 5.80. The Bertz CT molecular complexity index is 394. The monoisotopic (exact) mass is 273 g/mol. The molecule has 3 heteroatoms. The third kappa shape index (κ3) is 5.24. The fraction of sp³-hybridized carbons (Fsp3) is 0.588. The highest BCUT2D eigenvalue weighted by Gasteiger charge is 2.14. The van der Waals surface area contributed by atoms with Gasteiger partial charge in [0.1, 0.15) is 0 Å². The number of benzene rings is 1. The molecule has 0 saturated heterocycles. The minimum atomic E-state index is 0.610. The number of aliphatic imine (C=N–C) groups is 1. The van der Waals surface area contributed by atoms with E-state index in [1.165, 1.54) is 37.7 Å². The molecular formula is C17H27N3. The quantitative estimate of drug-likeness (QED) is 0.639. The molecular weight excluding hydrogens is 246 g/mol. The van der Waals surface area contributed by atoms with Gasteiger partial charge in [0, 0.05) is 19.1 Å². The molecule has 0 spiro atoms. The zero-order chi connectivity index (χ0) is 14.0. The van der Waals surface area contributed by atoms with Crippen LogP contribution in [0.25, 0.3) is 0 Å². The highest BCUT2D eigenvalue weighted by Crippen LogP contribution is 2.17. The molecule has 1 saturated carbocycles. The van der Waals surface area contributed by atoms with Gasteiger partial charge >= 0.3 is 0 Å². The minimum absolute atomic E-state index is 0.610. The van der Waals surface area contributed by atoms with Crippen LogP contribution in [0.5, 0.6) is 0 Å². The molecule has 0 aromatic heterocycles. The van der Waals surface area contributed by atoms with Gasteiger partial charge in [-0.25, -0.2) is 0 Å². The van der Waals surface area contributed by atoms with E-state index < -0.39 is 0 Å². The van der Waals surface area contributed by atoms with E-state index in [2.05, 4.69) is 47.9 Å². The molecule has 1 aromatic carbocycles. The highest BCUT2D eigenvalue weighted by atomic mass is 15.2. The smallest absolute Gasteiger partial charge is 0.191 e. The predicted octanol–water partition coefficient (Wildman–Crippen LogP) is 3.12. The first-order chi connectivity index (χ1) is 9.88. The van der Waals surface area contributed by atoms with Crippen molar-refractivity contribution in [3.63, 3.8) is 0 Å². The fourth-order valence-corrected chi connectivity index (χ4v) is 2.70. The van der Waals surface area contributed by atoms with Crippen LogP contribution in [0, 0.1) is 0 Å². The van der Waals surface area contributed by atoms with Gasteiger partial charge in [-0.15, -0.1) is 0 Å². The third-order valence-corrected chi connectivity index (χ3v) is 3.80. The summed E-state index contributed by atoms with van der Waals surface area (Å²) < 4.78 is 0. The number of rotatable bonds is 5. The van der Waals surface area contributed by atoms with Crippen molar-refractivity contribution in [2.45, 2.75) is 51.5 Å². The average Bonchev–Trinajstić information content (AvgIpc) is 2.49. The summed E-state index contributed by atoms with van der Waals surface area (Å²) >= 11 is 0. The summed E-state index contributed by atoms with van der Waals surface area (Å²) in [5.74, 6) is 0.982. The fourth-order valence-electron chi connectivity index (χ4n) is 2.70. The Kier molecular flexibility index (Phi) is 6.42. The number of nitrogens with zero attached hydrogens (tertiary/aromatic N) is 1. The van der Waals surface area contributed by atoms with Crippen molar-refractivity contribution < 1.29 is 0 Å². The Balaban J connectivity index is 1.81. The van der Waals surface area contributed by atoms with Crippen LogP contribution < -0.4 is 10.6 Å². The number of guanidine groups is 1. The van der Waals surface area contributed by atoms with Crippen LogP contribution in [0.4, 0.5) is 0 Å². The first-order valence-corrected chi connectivity index (χ1v) is 7.97. The molecule has 2 N–H and O–H groups in total. The Hall–Kier alpha value is -1.51. The number of hydrogen-bond acceptors (Lipinski definition) is 1. The zero-order valence-electron chi connectivity index (χ0n) is 12.6. The maximum atomic E-state index is 4.70. The van der Waals surface area contributed by atoms with Gasteiger partial charge in [-0.1, -0.05) is 49.6 Å². The summed E-state index contributed by atoms with van der Waals surface area (Å²) in [4.78, 5) is 4.70. The van der Waals surface area contributed by atoms with Crippen molar-refractivity contribution in [2.24, 2.45) is 4.99 Å². The lowest BCUT2D eigenvalue weighted by Crippen LogP contribution is -2.44. The topological polar surface area (TPSA) is 36.4 Å². The zero-order valence-corrected chi connectivity index (χ0v) is 12.6. The maximum Gasteiger partial charge on any atom is 0.191 e. The molecule has 1 fully saturated rings. The summed E-state index contributed by atoms with van der Waals surface area (Å²) in [6.07, 6.45) is 7.65. The second kappa shape index (κ2) is 8.62. The van der Waals surface area contributed by atoms with E-state index in [9.17, 15) is 0 Å². The number of hydrogen-bond donors (Lipinski definition) is 2. The second-order valence-corrected chi connectivity index (χ2v) is 5.48. The van der Waals surface area contributed by atoms with Gasteiger partial charge < -0.3 is 10.6 Å². The van der Waals surface area contributed by atoms with E-state index in [-0.39, 0.29) is 0 Å². The van der Waals surface area contributed by atoms with Gasteiger partial charge in [0.2, 0.25) is 0 Å². The second-order valence-electron chi connectivity index (χ2n) is 5.48. The Morgan fingerprint density at radius 1 is 1.15 bits per heavy atom. The van der Waals surface area contributed by atoms with Gasteiger partial charge in [-0.3, -0.25) is 4.99 Å². The summed E-state index contributed by atoms with van der Waals surface area (Å²) in [6, 6.07) is 11.2. The molecule has 3 nitrogen and oxygen atoms in total. The SMILES string of the molecule is CCNC(=NCCc1ccccc1)NC1CCCCC1. The molecule has 1 aliphatic carbocycles. The molecule has 0 bridgehead atoms. The van der Waals surface area contributed by atoms with Crippen molar-refractivity contribution in [1.29, 1.82) is 0 Å². The van der Waals surface area contributed by atoms with Gasteiger partial charge in [0.25, 0.3) is 0 Å². The summed E-state index contributed by atoms with van der Waals surface area (Å²) in [6.45, 7) is 3.88. The predicted molar refractivity (Wildman–Crippen MR) is 86.1 cm³/mol. The van der Waals surface area contributed by atoms with Crippen molar-refractivity contribution in [3.8, 4) is 0 Å². The normalized spacial score (nSPS) is 16.9. The lowest BCUT2D eigenvalue weighted by Gasteiger charge is -2.24. The first kappa shape index (κ1) is 14.9. The molecule has 20 heavy (non-hydrogen) atoms. The molecule has 110 valence electrons. The third-order valence-electron chi connectivity index (χ3n) is 3.80. The van der Waals surface area contributed by atoms with Crippen molar-refractivity contribution >= 4 is 5.96 Å². The van der Waals surface area contributed by atoms with Gasteiger partial charge in [0.05, 0.1) is 0 Å². The first-order valence-electron chi connectivity index (χ1n) is 7.97. The lowest BCUT2D eigenvalue weighted by molar-refractivity contribution is 0.410. The van der Waals surface area contributed by atoms with E-state index >= 15 is 0 Å². The van der Waals surface area contributed by atoms with Crippen LogP contribution in [-0.4, -0.2) is 25.1 Å². The van der Waals surface area contributed by atoms with Crippen molar-refractivity contribution in [3.05, 3.63) is 35.9 Å². The van der Waals surface area contributed by atoms with Crippen molar-refractivity contribution in [1.82, 2.24) is 10.6 Å². The summed E-state index contributed by atoms with van der Waals surface area (Å²) in [5.41, 5.74) is 1.35. The molecule has 0 radical (unpaired) electrons. The standard InChI is InChI=1S/C17H27N3/c1-2-18-17(20-16-11-7-4-8-12-16)19-14-13-15-9-5-3-6-10-15/h3,5-6,9-10,16H,2,4,7-8,11-14H2,1H3,(H2,18,19,20). The molecule has 2 rings (SSSR count). The molecule has 1 aromatic rings. The van der Waals surface area contributed by atoms with Crippen molar-refractivity contribution in [2.75, 3.05) is 13.1 Å². The molecule has 0 heterocycles. The van der Waals surface area contributed by atoms with Gasteiger partial charge in [-0.05, 0) is 31.7 Å². The molecule has 0 aliphatic heterocycles. The van der Waals surface area contributed by atoms with Crippen LogP contribution in [0.1, 0.15) is 44.6 Å². The summed E-state index contributed by atoms with van der Waals surface area (Å²) in [7, 11) is 0. The van der Waals surface area contributed by atoms with Crippen LogP contribution in [0.3, 0.4) is 0 Å². The minimum Gasteiger partial charge on any atom is -0.357 e. The maximum absolute atomic E-state index is 4.70. The Labute approximate surface area is 122 Å². The van der Waals surface area contributed by atoms with E-state index in [4.69, 9.17) is 4.99 Å². The van der Waals surface area contributed by atoms with Crippen LogP contribution in [-0.2, 0) is 6.42 Å². The van der Waals surface area contributed by atoms with Gasteiger partial charge in [0.15, 0.2) is 5.96 Å². The molecule has 0 unspecified atom stereocenters. The molecule has 0 atom stereocenters. The molecule has 1 aliphatic rings. The van der Waals surface area contributed by atoms with E-state index in [1.54, 1.807) is 0 Å². The van der Waals surface area contributed by atoms with E-state index in [0.29, 0.717) is 6.04 Å². The van der Waals surface area contributed by atoms with Crippen LogP contribution >= 0.6 is 0 Å². The molecule has 0 amide bonds. The Morgan fingerprint density at radius 3 is 2.60 bits per heavy atom. The number of nitrogens with one attached hydrogen (secondary N) is 2. The lowest BCUT2D eigenvalue weighted by atomic mass is 9.96. The van der Waals surface area contributed by atoms with Gasteiger partial charge in [-0.2, -0.15) is 0 Å².